The Bertz CT molecular complexity index is 90.6. The van der Waals surface area contributed by atoms with Gasteiger partial charge in [-0.05, 0) is 0 Å². The van der Waals surface area contributed by atoms with Crippen LogP contribution in [0.25, 0.3) is 0 Å². The topological polar surface area (TPSA) is 43.1 Å². The van der Waals surface area contributed by atoms with Gasteiger partial charge in [0.05, 0.1) is 0 Å². The number of nitrogens with two attached hydrogens (primary N) is 1. The number of primary amides is 1. The molecule has 0 bridgehead atoms. The van der Waals surface area contributed by atoms with Crippen molar-refractivity contribution in [2.75, 3.05) is 5.75 Å². The molecule has 0 aromatic carbocycles. The third-order valence-corrected chi connectivity index (χ3v) is 1.03. The quantitative estimate of drug-likeness (QED) is 0.360. The zero-order valence-electron chi connectivity index (χ0n) is 5.89. The molecule has 42 valence electrons. The summed E-state index contributed by atoms with van der Waals surface area (Å²) >= 11 is 1.05. The number of thioether (sulfide) groups is 1. The van der Waals surface area contributed by atoms with Crippen LogP contribution in [0, 0.1) is 0 Å². The molecule has 0 aliphatic rings. The number of hydrogen-bond donors (Lipinski definition) is 1. The van der Waals surface area contributed by atoms with E-state index in [0.29, 0.717) is 5.75 Å². The van der Waals surface area contributed by atoms with Crippen molar-refractivity contribution in [3.8, 4) is 0 Å². The number of carbonyl (C=O) groups excluding carboxylic acids is 1. The second-order valence-corrected chi connectivity index (χ2v) is 1.94. The van der Waals surface area contributed by atoms with Gasteiger partial charge in [-0.2, -0.15) is 0 Å². The molecule has 0 aliphatic carbocycles. The first-order valence-electron chi connectivity index (χ1n) is 1.80. The molecule has 0 atom stereocenters. The van der Waals surface area contributed by atoms with E-state index in [1.54, 1.807) is 6.08 Å². The largest absolute Gasteiger partial charge is 1.00 e. The van der Waals surface area contributed by atoms with Gasteiger partial charge in [0.25, 0.3) is 5.24 Å². The van der Waals surface area contributed by atoms with Crippen molar-refractivity contribution >= 4 is 17.0 Å². The van der Waals surface area contributed by atoms with Gasteiger partial charge in [-0.1, -0.05) is 17.8 Å². The average Bonchev–Trinajstić information content (AvgIpc) is 1.61. The predicted molar refractivity (Wildman–Crippen MR) is 33.4 cm³/mol. The zero-order chi connectivity index (χ0) is 5.70. The molecule has 4 heteroatoms. The maximum Gasteiger partial charge on any atom is 1.00 e. The Morgan fingerprint density at radius 2 is 2.50 bits per heavy atom. The molecule has 2 N–H and O–H groups in total. The normalized spacial score (nSPS) is 7.00. The minimum atomic E-state index is -0.347. The Hall–Kier alpha value is 0.560. The van der Waals surface area contributed by atoms with E-state index in [9.17, 15) is 4.79 Å². The molecule has 0 aromatic rings. The third kappa shape index (κ3) is 9.75. The molecule has 0 spiro atoms. The molecular formula is C4H8NNaOS. The van der Waals surface area contributed by atoms with Crippen LogP contribution >= 0.6 is 11.8 Å². The standard InChI is InChI=1S/C4H7NOS.Na.H/c1-2-3-7-4(5)6;;/h2H,1,3H2,(H2,5,6);;/q;+1;-1. The molecule has 8 heavy (non-hydrogen) atoms. The van der Waals surface area contributed by atoms with Crippen LogP contribution in [-0.2, 0) is 0 Å². The van der Waals surface area contributed by atoms with Crippen molar-refractivity contribution in [1.82, 2.24) is 0 Å². The Balaban J connectivity index is -0.000000180. The monoisotopic (exact) mass is 141 g/mol. The van der Waals surface area contributed by atoms with Crippen molar-refractivity contribution in [3.05, 3.63) is 12.7 Å². The fourth-order valence-electron chi connectivity index (χ4n) is 0.141. The third-order valence-electron chi connectivity index (χ3n) is 0.343. The van der Waals surface area contributed by atoms with Crippen molar-refractivity contribution in [3.63, 3.8) is 0 Å². The number of carbonyl (C=O) groups is 1. The van der Waals surface area contributed by atoms with Gasteiger partial charge in [0.1, 0.15) is 0 Å². The Kier molecular flexibility index (Phi) is 10.7. The van der Waals surface area contributed by atoms with Crippen LogP contribution in [-0.4, -0.2) is 11.0 Å². The molecule has 0 radical (unpaired) electrons. The molecule has 0 rings (SSSR count). The molecule has 0 unspecified atom stereocenters. The second-order valence-electron chi connectivity index (χ2n) is 0.919. The van der Waals surface area contributed by atoms with Crippen LogP contribution < -0.4 is 35.3 Å². The number of amides is 1. The Morgan fingerprint density at radius 1 is 2.00 bits per heavy atom. The van der Waals surface area contributed by atoms with E-state index >= 15 is 0 Å². The van der Waals surface area contributed by atoms with Crippen molar-refractivity contribution in [2.45, 2.75) is 0 Å². The summed E-state index contributed by atoms with van der Waals surface area (Å²) in [5, 5.41) is -0.347. The van der Waals surface area contributed by atoms with Crippen molar-refractivity contribution in [2.24, 2.45) is 5.73 Å². The van der Waals surface area contributed by atoms with Crippen molar-refractivity contribution < 1.29 is 35.8 Å². The first-order chi connectivity index (χ1) is 3.27. The first-order valence-corrected chi connectivity index (χ1v) is 2.79. The van der Waals surface area contributed by atoms with E-state index in [1.165, 1.54) is 0 Å². The molecule has 0 saturated heterocycles. The number of hydrogen-bond acceptors (Lipinski definition) is 2. The molecule has 0 aromatic heterocycles. The fraction of sp³-hybridized carbons (Fsp3) is 0.250. The van der Waals surface area contributed by atoms with E-state index in [1.807, 2.05) is 0 Å². The summed E-state index contributed by atoms with van der Waals surface area (Å²) in [4.78, 5) is 9.90. The van der Waals surface area contributed by atoms with Crippen LogP contribution in [0.5, 0.6) is 0 Å². The van der Waals surface area contributed by atoms with Gasteiger partial charge in [-0.25, -0.2) is 0 Å². The maximum absolute atomic E-state index is 9.90. The second kappa shape index (κ2) is 7.56. The summed E-state index contributed by atoms with van der Waals surface area (Å²) in [6.07, 6.45) is 1.63. The maximum atomic E-state index is 9.90. The minimum Gasteiger partial charge on any atom is -1.00 e. The average molecular weight is 141 g/mol. The Labute approximate surface area is 76.7 Å². The van der Waals surface area contributed by atoms with Gasteiger partial charge < -0.3 is 7.16 Å². The van der Waals surface area contributed by atoms with Crippen LogP contribution in [0.3, 0.4) is 0 Å². The van der Waals surface area contributed by atoms with Gasteiger partial charge in [-0.3, -0.25) is 4.79 Å². The molecule has 2 nitrogen and oxygen atoms in total. The molecule has 0 aliphatic heterocycles. The smallest absolute Gasteiger partial charge is 1.00 e. The summed E-state index contributed by atoms with van der Waals surface area (Å²) in [5.74, 6) is 0.606. The molecule has 0 heterocycles. The Morgan fingerprint density at radius 3 is 2.62 bits per heavy atom. The van der Waals surface area contributed by atoms with Gasteiger partial charge >= 0.3 is 29.6 Å². The molecule has 0 fully saturated rings. The van der Waals surface area contributed by atoms with E-state index in [2.05, 4.69) is 6.58 Å². The summed E-state index contributed by atoms with van der Waals surface area (Å²) in [6, 6.07) is 0. The van der Waals surface area contributed by atoms with E-state index in [0.717, 1.165) is 11.8 Å². The fourth-order valence-corrected chi connectivity index (χ4v) is 0.423. The van der Waals surface area contributed by atoms with Gasteiger partial charge in [0, 0.05) is 5.75 Å². The van der Waals surface area contributed by atoms with Crippen LogP contribution in [0.15, 0.2) is 12.7 Å². The zero-order valence-corrected chi connectivity index (χ0v) is 7.70. The summed E-state index contributed by atoms with van der Waals surface area (Å²) < 4.78 is 0. The van der Waals surface area contributed by atoms with Gasteiger partial charge in [0.15, 0.2) is 0 Å². The molecular weight excluding hydrogens is 133 g/mol. The summed E-state index contributed by atoms with van der Waals surface area (Å²) in [6.45, 7) is 3.40. The summed E-state index contributed by atoms with van der Waals surface area (Å²) in [7, 11) is 0. The summed E-state index contributed by atoms with van der Waals surface area (Å²) in [5.41, 5.74) is 4.75. The van der Waals surface area contributed by atoms with E-state index in [-0.39, 0.29) is 36.2 Å². The van der Waals surface area contributed by atoms with Crippen molar-refractivity contribution in [1.29, 1.82) is 0 Å². The molecule has 1 amide bonds. The van der Waals surface area contributed by atoms with Crippen LogP contribution in [0.1, 0.15) is 1.43 Å². The predicted octanol–water partition coefficient (Wildman–Crippen LogP) is -1.90. The minimum absolute atomic E-state index is 0. The van der Waals surface area contributed by atoms with Gasteiger partial charge in [0.2, 0.25) is 0 Å². The van der Waals surface area contributed by atoms with Crippen LogP contribution in [0.2, 0.25) is 0 Å². The van der Waals surface area contributed by atoms with E-state index in [4.69, 9.17) is 5.73 Å². The van der Waals surface area contributed by atoms with Gasteiger partial charge in [-0.15, -0.1) is 6.58 Å². The van der Waals surface area contributed by atoms with E-state index < -0.39 is 0 Å². The SMILES string of the molecule is C=CCSC(N)=O.[H-].[Na+]. The number of rotatable bonds is 2. The first kappa shape index (κ1) is 11.4. The molecule has 0 saturated carbocycles. The van der Waals surface area contributed by atoms with Crippen LogP contribution in [0.4, 0.5) is 4.79 Å².